The zero-order valence-electron chi connectivity index (χ0n) is 35.1. The molecular formula is C45H78NO8P. The van der Waals surface area contributed by atoms with Gasteiger partial charge in [-0.05, 0) is 97.6 Å². The molecule has 0 aliphatic rings. The lowest BCUT2D eigenvalue weighted by atomic mass is 10.1. The van der Waals surface area contributed by atoms with Crippen LogP contribution in [0.25, 0.3) is 0 Å². The lowest BCUT2D eigenvalue weighted by Gasteiger charge is -2.20. The quantitative estimate of drug-likeness (QED) is 0.0283. The summed E-state index contributed by atoms with van der Waals surface area (Å²) in [7, 11) is -0.741. The first-order valence-corrected chi connectivity index (χ1v) is 22.7. The molecule has 0 rings (SSSR count). The second-order valence-electron chi connectivity index (χ2n) is 14.1. The molecule has 0 saturated heterocycles. The maximum atomic E-state index is 12.6. The molecule has 0 aromatic carbocycles. The Bertz CT molecular complexity index is 1140. The normalized spacial score (nSPS) is 14.1. The first-order valence-electron chi connectivity index (χ1n) is 21.2. The van der Waals surface area contributed by atoms with Gasteiger partial charge in [-0.3, -0.25) is 18.6 Å². The van der Waals surface area contributed by atoms with E-state index in [2.05, 4.69) is 86.8 Å². The third-order valence-corrected chi connectivity index (χ3v) is 9.48. The summed E-state index contributed by atoms with van der Waals surface area (Å²) in [6.07, 6.45) is 46.6. The summed E-state index contributed by atoms with van der Waals surface area (Å²) in [6, 6.07) is 0. The molecule has 10 heteroatoms. The van der Waals surface area contributed by atoms with Crippen LogP contribution in [0.3, 0.4) is 0 Å². The summed E-state index contributed by atoms with van der Waals surface area (Å²) >= 11 is 0. The fourth-order valence-electron chi connectivity index (χ4n) is 5.24. The van der Waals surface area contributed by atoms with Crippen molar-refractivity contribution in [2.24, 2.45) is 0 Å². The molecule has 1 N–H and O–H groups in total. The van der Waals surface area contributed by atoms with Gasteiger partial charge < -0.3 is 19.3 Å². The van der Waals surface area contributed by atoms with Gasteiger partial charge in [-0.15, -0.1) is 0 Å². The molecule has 0 aliphatic heterocycles. The number of phosphoric acid groups is 1. The number of esters is 2. The number of carbonyl (C=O) groups is 2. The van der Waals surface area contributed by atoms with Gasteiger partial charge in [-0.2, -0.15) is 0 Å². The number of unbranched alkanes of at least 4 members (excludes halogenated alkanes) is 12. The van der Waals surface area contributed by atoms with E-state index in [9.17, 15) is 19.0 Å². The molecule has 2 unspecified atom stereocenters. The minimum absolute atomic E-state index is 0.00392. The number of phosphoric ester groups is 1. The molecule has 0 radical (unpaired) electrons. The van der Waals surface area contributed by atoms with Crippen molar-refractivity contribution in [1.29, 1.82) is 0 Å². The van der Waals surface area contributed by atoms with E-state index in [-0.39, 0.29) is 26.1 Å². The highest BCUT2D eigenvalue weighted by Gasteiger charge is 2.26. The van der Waals surface area contributed by atoms with Gasteiger partial charge >= 0.3 is 19.8 Å². The monoisotopic (exact) mass is 792 g/mol. The zero-order chi connectivity index (χ0) is 40.5. The second kappa shape index (κ2) is 39.7. The van der Waals surface area contributed by atoms with Crippen molar-refractivity contribution >= 4 is 19.8 Å². The largest absolute Gasteiger partial charge is 0.472 e. The van der Waals surface area contributed by atoms with E-state index in [0.717, 1.165) is 89.9 Å². The van der Waals surface area contributed by atoms with Crippen molar-refractivity contribution in [1.82, 2.24) is 4.90 Å². The first-order chi connectivity index (χ1) is 26.7. The van der Waals surface area contributed by atoms with E-state index in [1.165, 1.54) is 25.7 Å². The summed E-state index contributed by atoms with van der Waals surface area (Å²) in [5.41, 5.74) is 0. The highest BCUT2D eigenvalue weighted by molar-refractivity contribution is 7.47. The van der Waals surface area contributed by atoms with E-state index in [0.29, 0.717) is 19.4 Å². The van der Waals surface area contributed by atoms with E-state index in [1.54, 1.807) is 0 Å². The van der Waals surface area contributed by atoms with Crippen molar-refractivity contribution in [3.05, 3.63) is 72.9 Å². The number of nitrogens with zero attached hydrogens (tertiary/aromatic N) is 1. The van der Waals surface area contributed by atoms with E-state index >= 15 is 0 Å². The standard InChI is InChI=1S/C45H78NO8P/c1-5-7-9-11-13-15-17-19-21-22-24-26-28-30-32-34-36-38-45(48)54-43(42-53-55(49,50)52-40-39-46(3)4)41-51-44(47)37-35-33-31-29-27-25-23-20-18-16-14-12-10-8-6-2/h7,9,13-16,19-21,23-24,26,43H,5-6,8,10-12,17-18,22,25,27-42H2,1-4H3,(H,49,50)/b9-7-,15-13-,16-14-,21-19-,23-20-,26-24-. The van der Waals surface area contributed by atoms with Crippen molar-refractivity contribution in [2.75, 3.05) is 40.5 Å². The van der Waals surface area contributed by atoms with Crippen LogP contribution in [0.5, 0.6) is 0 Å². The lowest BCUT2D eigenvalue weighted by Crippen LogP contribution is -2.29. The Kier molecular flexibility index (Phi) is 37.8. The smallest absolute Gasteiger partial charge is 0.462 e. The first kappa shape index (κ1) is 52.5. The fraction of sp³-hybridized carbons (Fsp3) is 0.689. The molecule has 0 bridgehead atoms. The predicted molar refractivity (Wildman–Crippen MR) is 229 cm³/mol. The van der Waals surface area contributed by atoms with Crippen LogP contribution in [-0.2, 0) is 32.7 Å². The molecule has 0 heterocycles. The number of ether oxygens (including phenoxy) is 2. The van der Waals surface area contributed by atoms with Crippen LogP contribution in [-0.4, -0.2) is 68.3 Å². The van der Waals surface area contributed by atoms with Crippen molar-refractivity contribution in [3.63, 3.8) is 0 Å². The molecule has 0 spiro atoms. The molecule has 0 aromatic rings. The Labute approximate surface area is 336 Å². The summed E-state index contributed by atoms with van der Waals surface area (Å²) in [4.78, 5) is 37.0. The second-order valence-corrected chi connectivity index (χ2v) is 15.6. The summed E-state index contributed by atoms with van der Waals surface area (Å²) in [5, 5.41) is 0. The van der Waals surface area contributed by atoms with Crippen LogP contribution in [0, 0.1) is 0 Å². The van der Waals surface area contributed by atoms with Gasteiger partial charge in [-0.1, -0.05) is 132 Å². The SMILES string of the molecule is CC/C=C\C/C=C\C/C=C\C/C=C\CCCCCCC(=O)OC(COC(=O)CCCCCCC/C=C\C/C=C\CCCCC)COP(=O)(O)OCCN(C)C. The number of carbonyl (C=O) groups excluding carboxylic acids is 2. The minimum atomic E-state index is -4.37. The van der Waals surface area contributed by atoms with Gasteiger partial charge in [0.2, 0.25) is 0 Å². The van der Waals surface area contributed by atoms with E-state index < -0.39 is 32.5 Å². The summed E-state index contributed by atoms with van der Waals surface area (Å²) in [6.45, 7) is 4.12. The molecule has 2 atom stereocenters. The molecule has 55 heavy (non-hydrogen) atoms. The average molecular weight is 792 g/mol. The Morgan fingerprint density at radius 2 is 1.04 bits per heavy atom. The summed E-state index contributed by atoms with van der Waals surface area (Å²) in [5.74, 6) is -0.854. The maximum Gasteiger partial charge on any atom is 0.472 e. The van der Waals surface area contributed by atoms with Gasteiger partial charge in [-0.25, -0.2) is 4.57 Å². The van der Waals surface area contributed by atoms with E-state index in [1.807, 2.05) is 19.0 Å². The number of allylic oxidation sites excluding steroid dienone is 12. The molecule has 0 aliphatic carbocycles. The lowest BCUT2D eigenvalue weighted by molar-refractivity contribution is -0.161. The number of rotatable bonds is 38. The van der Waals surface area contributed by atoms with Crippen LogP contribution in [0.1, 0.15) is 155 Å². The predicted octanol–water partition coefficient (Wildman–Crippen LogP) is 12.1. The van der Waals surface area contributed by atoms with Crippen LogP contribution < -0.4 is 0 Å². The number of hydrogen-bond donors (Lipinski definition) is 1. The molecule has 9 nitrogen and oxygen atoms in total. The molecule has 316 valence electrons. The molecule has 0 aromatic heterocycles. The number of likely N-dealkylation sites (N-methyl/N-ethyl adjacent to an activating group) is 1. The van der Waals surface area contributed by atoms with Gasteiger partial charge in [0.1, 0.15) is 6.61 Å². The van der Waals surface area contributed by atoms with Crippen LogP contribution in [0.4, 0.5) is 0 Å². The van der Waals surface area contributed by atoms with Crippen LogP contribution >= 0.6 is 7.82 Å². The third kappa shape index (κ3) is 40.9. The maximum absolute atomic E-state index is 12.6. The Morgan fingerprint density at radius 1 is 0.582 bits per heavy atom. The van der Waals surface area contributed by atoms with Crippen LogP contribution in [0.2, 0.25) is 0 Å². The van der Waals surface area contributed by atoms with Gasteiger partial charge in [0.25, 0.3) is 0 Å². The third-order valence-electron chi connectivity index (χ3n) is 8.50. The molecule has 0 amide bonds. The fourth-order valence-corrected chi connectivity index (χ4v) is 5.98. The van der Waals surface area contributed by atoms with Gasteiger partial charge in [0, 0.05) is 19.4 Å². The van der Waals surface area contributed by atoms with Crippen molar-refractivity contribution in [3.8, 4) is 0 Å². The van der Waals surface area contributed by atoms with Crippen molar-refractivity contribution in [2.45, 2.75) is 161 Å². The highest BCUT2D eigenvalue weighted by Crippen LogP contribution is 2.43. The van der Waals surface area contributed by atoms with Gasteiger partial charge in [0.15, 0.2) is 6.10 Å². The topological polar surface area (TPSA) is 112 Å². The molecule has 0 saturated carbocycles. The van der Waals surface area contributed by atoms with Crippen molar-refractivity contribution < 1.29 is 37.6 Å². The Morgan fingerprint density at radius 3 is 1.55 bits per heavy atom. The molecule has 0 fully saturated rings. The van der Waals surface area contributed by atoms with E-state index in [4.69, 9.17) is 18.5 Å². The van der Waals surface area contributed by atoms with Crippen LogP contribution in [0.15, 0.2) is 72.9 Å². The highest BCUT2D eigenvalue weighted by atomic mass is 31.2. The average Bonchev–Trinajstić information content (AvgIpc) is 3.15. The zero-order valence-corrected chi connectivity index (χ0v) is 36.0. The Hall–Kier alpha value is -2.55. The summed E-state index contributed by atoms with van der Waals surface area (Å²) < 4.78 is 33.4. The minimum Gasteiger partial charge on any atom is -0.462 e. The van der Waals surface area contributed by atoms with Gasteiger partial charge in [0.05, 0.1) is 13.2 Å². The molecular weight excluding hydrogens is 713 g/mol. The Balaban J connectivity index is 4.40. The number of hydrogen-bond acceptors (Lipinski definition) is 8.